The molecule has 2 N–H and O–H groups in total. The number of carboxylic acid groups (broad SMARTS) is 1. The maximum atomic E-state index is 11.7. The van der Waals surface area contributed by atoms with Gasteiger partial charge in [0, 0.05) is 18.6 Å². The zero-order valence-electron chi connectivity index (χ0n) is 11.4. The van der Waals surface area contributed by atoms with Gasteiger partial charge in [-0.05, 0) is 25.0 Å². The second-order valence-electron chi connectivity index (χ2n) is 4.57. The Hall–Kier alpha value is -2.42. The summed E-state index contributed by atoms with van der Waals surface area (Å²) in [4.78, 5) is 36.5. The number of nitro groups is 1. The summed E-state index contributed by atoms with van der Waals surface area (Å²) in [5, 5.41) is 21.8. The zero-order valence-corrected chi connectivity index (χ0v) is 12.2. The van der Waals surface area contributed by atoms with E-state index in [0.29, 0.717) is 23.7 Å². The topological polar surface area (TPSA) is 122 Å². The highest BCUT2D eigenvalue weighted by atomic mass is 32.2. The largest absolute Gasteiger partial charge is 0.481 e. The van der Waals surface area contributed by atoms with E-state index in [1.807, 2.05) is 0 Å². The van der Waals surface area contributed by atoms with Gasteiger partial charge in [0.25, 0.3) is 5.69 Å². The predicted molar refractivity (Wildman–Crippen MR) is 81.2 cm³/mol. The van der Waals surface area contributed by atoms with E-state index in [9.17, 15) is 19.7 Å². The number of rotatable bonds is 6. The van der Waals surface area contributed by atoms with Gasteiger partial charge in [-0.25, -0.2) is 4.99 Å². The smallest absolute Gasteiger partial charge is 0.303 e. The molecule has 1 saturated heterocycles. The highest BCUT2D eigenvalue weighted by Crippen LogP contribution is 2.27. The Balaban J connectivity index is 1.97. The molecule has 9 heteroatoms. The Morgan fingerprint density at radius 3 is 2.68 bits per heavy atom. The lowest BCUT2D eigenvalue weighted by Gasteiger charge is -2.02. The van der Waals surface area contributed by atoms with Gasteiger partial charge in [0.15, 0.2) is 5.17 Å². The van der Waals surface area contributed by atoms with Gasteiger partial charge in [0.1, 0.15) is 0 Å². The van der Waals surface area contributed by atoms with E-state index in [4.69, 9.17) is 5.11 Å². The van der Waals surface area contributed by atoms with E-state index in [1.54, 1.807) is 0 Å². The van der Waals surface area contributed by atoms with E-state index >= 15 is 0 Å². The number of amides is 1. The van der Waals surface area contributed by atoms with Crippen molar-refractivity contribution >= 4 is 40.2 Å². The first-order chi connectivity index (χ1) is 10.5. The molecule has 1 aromatic rings. The molecule has 0 bridgehead atoms. The minimum absolute atomic E-state index is 0.0270. The molecule has 1 aliphatic rings. The van der Waals surface area contributed by atoms with Gasteiger partial charge >= 0.3 is 5.97 Å². The first-order valence-corrected chi connectivity index (χ1v) is 7.36. The highest BCUT2D eigenvalue weighted by molar-refractivity contribution is 8.15. The number of thioether (sulfide) groups is 1. The van der Waals surface area contributed by atoms with Crippen LogP contribution in [0.4, 0.5) is 11.4 Å². The summed E-state index contributed by atoms with van der Waals surface area (Å²) in [6.45, 7) is 0. The van der Waals surface area contributed by atoms with Crippen LogP contribution in [0.25, 0.3) is 0 Å². The number of aliphatic imine (C=N–C) groups is 1. The molecule has 1 atom stereocenters. The zero-order chi connectivity index (χ0) is 16.1. The number of hydrogen-bond donors (Lipinski definition) is 2. The van der Waals surface area contributed by atoms with Gasteiger partial charge in [-0.2, -0.15) is 0 Å². The normalized spacial score (nSPS) is 19.2. The number of carboxylic acids is 1. The van der Waals surface area contributed by atoms with E-state index < -0.39 is 10.9 Å². The van der Waals surface area contributed by atoms with Crippen LogP contribution in [0.3, 0.4) is 0 Å². The minimum Gasteiger partial charge on any atom is -0.481 e. The quantitative estimate of drug-likeness (QED) is 0.610. The number of amidine groups is 1. The van der Waals surface area contributed by atoms with Gasteiger partial charge in [-0.15, -0.1) is 0 Å². The summed E-state index contributed by atoms with van der Waals surface area (Å²) in [6, 6.07) is 5.67. The second-order valence-corrected chi connectivity index (χ2v) is 5.76. The molecule has 8 nitrogen and oxygen atoms in total. The first-order valence-electron chi connectivity index (χ1n) is 6.48. The molecule has 1 fully saturated rings. The summed E-state index contributed by atoms with van der Waals surface area (Å²) >= 11 is 1.24. The molecule has 0 spiro atoms. The fourth-order valence-electron chi connectivity index (χ4n) is 1.85. The van der Waals surface area contributed by atoms with Crippen LogP contribution in [0.5, 0.6) is 0 Å². The molecule has 1 amide bonds. The molecule has 0 saturated carbocycles. The summed E-state index contributed by atoms with van der Waals surface area (Å²) in [7, 11) is 0. The standard InChI is InChI=1S/C13H13N3O5S/c17-11(18)3-1-2-10-12(19)15-13(22-10)14-8-4-6-9(7-5-8)16(20)21/h4-7,10H,1-3H2,(H,17,18)(H,14,15,19). The van der Waals surface area contributed by atoms with Crippen LogP contribution in [0, 0.1) is 10.1 Å². The molecular formula is C13H13N3O5S. The lowest BCUT2D eigenvalue weighted by Crippen LogP contribution is -2.24. The van der Waals surface area contributed by atoms with Crippen molar-refractivity contribution < 1.29 is 19.6 Å². The summed E-state index contributed by atoms with van der Waals surface area (Å²) in [5.41, 5.74) is 0.471. The number of nitro benzene ring substituents is 1. The number of nitrogens with one attached hydrogen (secondary N) is 1. The van der Waals surface area contributed by atoms with Gasteiger partial charge in [-0.3, -0.25) is 19.7 Å². The molecule has 0 aromatic heterocycles. The van der Waals surface area contributed by atoms with Gasteiger partial charge in [0.05, 0.1) is 15.9 Å². The SMILES string of the molecule is O=C(O)CCCC1SC(=Nc2ccc([N+](=O)[O-])cc2)NC1=O. The molecule has 1 heterocycles. The van der Waals surface area contributed by atoms with Crippen molar-refractivity contribution in [3.05, 3.63) is 34.4 Å². The molecule has 0 radical (unpaired) electrons. The van der Waals surface area contributed by atoms with E-state index in [2.05, 4.69) is 10.3 Å². The van der Waals surface area contributed by atoms with Gasteiger partial charge in [0.2, 0.25) is 5.91 Å². The summed E-state index contributed by atoms with van der Waals surface area (Å²) < 4.78 is 0. The average Bonchev–Trinajstić information content (AvgIpc) is 2.79. The van der Waals surface area contributed by atoms with Crippen molar-refractivity contribution in [2.75, 3.05) is 0 Å². The van der Waals surface area contributed by atoms with Crippen LogP contribution in [0.2, 0.25) is 0 Å². The van der Waals surface area contributed by atoms with Crippen LogP contribution in [-0.4, -0.2) is 32.3 Å². The second kappa shape index (κ2) is 7.03. The van der Waals surface area contributed by atoms with E-state index in [-0.39, 0.29) is 23.3 Å². The van der Waals surface area contributed by atoms with Gasteiger partial charge in [-0.1, -0.05) is 11.8 Å². The molecule has 1 unspecified atom stereocenters. The number of nitrogens with zero attached hydrogens (tertiary/aromatic N) is 2. The molecule has 1 aromatic carbocycles. The lowest BCUT2D eigenvalue weighted by molar-refractivity contribution is -0.384. The molecular weight excluding hydrogens is 310 g/mol. The number of aliphatic carboxylic acids is 1. The number of carbonyl (C=O) groups excluding carboxylic acids is 1. The first kappa shape index (κ1) is 16.0. The van der Waals surface area contributed by atoms with Crippen molar-refractivity contribution in [2.45, 2.75) is 24.5 Å². The Morgan fingerprint density at radius 1 is 1.41 bits per heavy atom. The number of benzene rings is 1. The van der Waals surface area contributed by atoms with Crippen LogP contribution >= 0.6 is 11.8 Å². The van der Waals surface area contributed by atoms with Crippen molar-refractivity contribution in [1.29, 1.82) is 0 Å². The molecule has 22 heavy (non-hydrogen) atoms. The Bertz CT molecular complexity index is 629. The lowest BCUT2D eigenvalue weighted by atomic mass is 10.2. The minimum atomic E-state index is -0.886. The molecule has 2 rings (SSSR count). The van der Waals surface area contributed by atoms with E-state index in [0.717, 1.165) is 0 Å². The Morgan fingerprint density at radius 2 is 2.09 bits per heavy atom. The molecule has 1 aliphatic heterocycles. The maximum absolute atomic E-state index is 11.7. The third-order valence-corrected chi connectivity index (χ3v) is 4.08. The maximum Gasteiger partial charge on any atom is 0.303 e. The summed E-state index contributed by atoms with van der Waals surface area (Å²) in [5.74, 6) is -1.08. The number of hydrogen-bond acceptors (Lipinski definition) is 6. The Labute approximate surface area is 129 Å². The van der Waals surface area contributed by atoms with E-state index in [1.165, 1.54) is 36.0 Å². The molecule has 0 aliphatic carbocycles. The van der Waals surface area contributed by atoms with Crippen molar-refractivity contribution in [2.24, 2.45) is 4.99 Å². The average molecular weight is 323 g/mol. The van der Waals surface area contributed by atoms with Crippen LogP contribution in [0.15, 0.2) is 29.3 Å². The van der Waals surface area contributed by atoms with Gasteiger partial charge < -0.3 is 10.4 Å². The summed E-state index contributed by atoms with van der Waals surface area (Å²) in [6.07, 6.45) is 0.909. The monoisotopic (exact) mass is 323 g/mol. The van der Waals surface area contributed by atoms with Crippen molar-refractivity contribution in [3.8, 4) is 0 Å². The predicted octanol–water partition coefficient (Wildman–Crippen LogP) is 2.07. The third-order valence-electron chi connectivity index (χ3n) is 2.92. The van der Waals surface area contributed by atoms with Crippen LogP contribution in [-0.2, 0) is 9.59 Å². The molecule has 116 valence electrons. The third kappa shape index (κ3) is 4.29. The fraction of sp³-hybridized carbons (Fsp3) is 0.308. The van der Waals surface area contributed by atoms with Crippen LogP contribution < -0.4 is 5.32 Å². The van der Waals surface area contributed by atoms with Crippen LogP contribution in [0.1, 0.15) is 19.3 Å². The Kier molecular flexibility index (Phi) is 5.10. The fourth-order valence-corrected chi connectivity index (χ4v) is 2.89. The van der Waals surface area contributed by atoms with Crippen molar-refractivity contribution in [3.63, 3.8) is 0 Å². The highest BCUT2D eigenvalue weighted by Gasteiger charge is 2.29. The van der Waals surface area contributed by atoms with Crippen molar-refractivity contribution in [1.82, 2.24) is 5.32 Å². The number of non-ortho nitro benzene ring substituents is 1. The number of carbonyl (C=O) groups is 2.